The number of pyridine rings is 1. The summed E-state index contributed by atoms with van der Waals surface area (Å²) in [5, 5.41) is 24.8. The van der Waals surface area contributed by atoms with E-state index in [0.29, 0.717) is 25.8 Å². The number of benzene rings is 2. The molecule has 4 aliphatic rings. The summed E-state index contributed by atoms with van der Waals surface area (Å²) in [6, 6.07) is 22.6. The van der Waals surface area contributed by atoms with Crippen molar-refractivity contribution in [2.75, 3.05) is 37.6 Å². The highest BCUT2D eigenvalue weighted by Crippen LogP contribution is 2.59. The Morgan fingerprint density at radius 3 is 2.60 bits per heavy atom. The third-order valence-electron chi connectivity index (χ3n) is 11.4. The van der Waals surface area contributed by atoms with Crippen molar-refractivity contribution in [3.05, 3.63) is 106 Å². The van der Waals surface area contributed by atoms with E-state index in [2.05, 4.69) is 65.0 Å². The number of allylic oxidation sites excluding steroid dienone is 2. The number of aliphatic hydroxyl groups is 2. The predicted molar refractivity (Wildman–Crippen MR) is 192 cm³/mol. The number of nitrogens with zero attached hydrogens (tertiary/aromatic N) is 3. The van der Waals surface area contributed by atoms with Crippen LogP contribution < -0.4 is 4.90 Å². The molecule has 47 heavy (non-hydrogen) atoms. The van der Waals surface area contributed by atoms with Crippen LogP contribution in [0.3, 0.4) is 0 Å². The van der Waals surface area contributed by atoms with Gasteiger partial charge in [0, 0.05) is 54.6 Å². The molecule has 2 N–H and O–H groups in total. The van der Waals surface area contributed by atoms with Gasteiger partial charge in [-0.2, -0.15) is 0 Å². The first-order valence-electron chi connectivity index (χ1n) is 17.3. The standard InChI is InChI=1S/C40H47N3O3S/c1-28-8-7-17-39(2)34(16-18-40(39,46)27-42-20-22-43(23-21-42)37-11-5-6-19-41-37)32-15-13-29(24-31(44)14-12-28)25-33(32)38(45)36-26-30-9-3-4-10-35(30)47-36/h3-6,8-11,13,15,19,25-26,31,34,44,46H,7,12,14,16-18,20-24,27H2,1-2H3/t31-,34-,39-,40+/m0/s1. The van der Waals surface area contributed by atoms with Crippen molar-refractivity contribution in [3.63, 3.8) is 0 Å². The first-order valence-corrected chi connectivity index (χ1v) is 18.1. The third kappa shape index (κ3) is 6.43. The maximum Gasteiger partial charge on any atom is 0.203 e. The molecule has 0 unspecified atom stereocenters. The lowest BCUT2D eigenvalue weighted by Crippen LogP contribution is -2.56. The molecule has 2 aromatic heterocycles. The molecule has 2 aromatic carbocycles. The van der Waals surface area contributed by atoms with Crippen LogP contribution >= 0.6 is 11.3 Å². The minimum atomic E-state index is -0.892. The number of aromatic nitrogens is 1. The summed E-state index contributed by atoms with van der Waals surface area (Å²) >= 11 is 1.55. The molecule has 0 spiro atoms. The van der Waals surface area contributed by atoms with Gasteiger partial charge in [0.25, 0.3) is 0 Å². The van der Waals surface area contributed by atoms with Crippen LogP contribution in [-0.4, -0.2) is 70.3 Å². The minimum absolute atomic E-state index is 0.0336. The van der Waals surface area contributed by atoms with Crippen LogP contribution in [0.2, 0.25) is 0 Å². The zero-order chi connectivity index (χ0) is 32.6. The zero-order valence-corrected chi connectivity index (χ0v) is 28.5. The van der Waals surface area contributed by atoms with E-state index >= 15 is 0 Å². The Bertz CT molecular complexity index is 1730. The number of rotatable bonds is 5. The number of ketones is 1. The van der Waals surface area contributed by atoms with Crippen LogP contribution in [-0.2, 0) is 6.42 Å². The Morgan fingerprint density at radius 2 is 1.81 bits per heavy atom. The second-order valence-corrected chi connectivity index (χ2v) is 15.5. The number of piperazine rings is 1. The van der Waals surface area contributed by atoms with E-state index in [9.17, 15) is 15.0 Å². The molecular weight excluding hydrogens is 603 g/mol. The average molecular weight is 650 g/mol. The van der Waals surface area contributed by atoms with Gasteiger partial charge in [-0.15, -0.1) is 11.3 Å². The van der Waals surface area contributed by atoms with Crippen LogP contribution in [0.15, 0.2) is 84.6 Å². The molecule has 2 bridgehead atoms. The molecule has 3 aliphatic carbocycles. The highest BCUT2D eigenvalue weighted by atomic mass is 32.1. The summed E-state index contributed by atoms with van der Waals surface area (Å²) in [6.07, 6.45) is 9.00. The summed E-state index contributed by atoms with van der Waals surface area (Å²) in [4.78, 5) is 24.5. The highest BCUT2D eigenvalue weighted by Gasteiger charge is 2.57. The van der Waals surface area contributed by atoms with Crippen LogP contribution in [0.1, 0.15) is 84.7 Å². The van der Waals surface area contributed by atoms with E-state index in [1.54, 1.807) is 11.3 Å². The summed E-state index contributed by atoms with van der Waals surface area (Å²) in [5.41, 5.74) is 2.74. The van der Waals surface area contributed by atoms with Crippen LogP contribution in [0.25, 0.3) is 10.1 Å². The largest absolute Gasteiger partial charge is 0.393 e. The first-order chi connectivity index (χ1) is 22.7. The maximum absolute atomic E-state index is 14.5. The van der Waals surface area contributed by atoms with Crippen molar-refractivity contribution in [2.45, 2.75) is 76.4 Å². The molecule has 7 heteroatoms. The Labute approximate surface area is 282 Å². The molecule has 0 amide bonds. The Kier molecular flexibility index (Phi) is 9.09. The quantitative estimate of drug-likeness (QED) is 0.174. The highest BCUT2D eigenvalue weighted by molar-refractivity contribution is 7.21. The number of fused-ring (bicyclic) bond motifs is 9. The topological polar surface area (TPSA) is 76.9 Å². The molecule has 2 fully saturated rings. The van der Waals surface area contributed by atoms with Gasteiger partial charge in [-0.05, 0) is 105 Å². The van der Waals surface area contributed by atoms with Gasteiger partial charge in [0.2, 0.25) is 5.78 Å². The maximum atomic E-state index is 14.5. The molecule has 6 nitrogen and oxygen atoms in total. The SMILES string of the molecule is CC1=CCC[C@@]2(C)[C@@H](CC[C@@]2(O)CN2CCN(c3ccccn3)CC2)c2ccc(cc2C(=O)c2cc3ccccc3s2)C[C@@H](O)CC1. The van der Waals surface area contributed by atoms with E-state index in [-0.39, 0.29) is 11.7 Å². The van der Waals surface area contributed by atoms with Crippen molar-refractivity contribution >= 4 is 33.0 Å². The fourth-order valence-corrected chi connectivity index (χ4v) is 9.49. The van der Waals surface area contributed by atoms with Crippen LogP contribution in [0.5, 0.6) is 0 Å². The summed E-state index contributed by atoms with van der Waals surface area (Å²) in [5.74, 6) is 1.09. The fourth-order valence-electron chi connectivity index (χ4n) is 8.47. The number of aliphatic hydroxyl groups excluding tert-OH is 1. The van der Waals surface area contributed by atoms with Gasteiger partial charge >= 0.3 is 0 Å². The lowest BCUT2D eigenvalue weighted by molar-refractivity contribution is -0.0841. The number of hydrogen-bond acceptors (Lipinski definition) is 7. The van der Waals surface area contributed by atoms with Crippen LogP contribution in [0, 0.1) is 5.41 Å². The normalized spacial score (nSPS) is 27.4. The molecule has 3 heterocycles. The summed E-state index contributed by atoms with van der Waals surface area (Å²) in [6.45, 7) is 8.61. The van der Waals surface area contributed by atoms with Gasteiger partial charge in [0.05, 0.1) is 16.6 Å². The fraction of sp³-hybridized carbons (Fsp3) is 0.450. The van der Waals surface area contributed by atoms with E-state index < -0.39 is 17.1 Å². The molecule has 1 aliphatic heterocycles. The zero-order valence-electron chi connectivity index (χ0n) is 27.7. The Morgan fingerprint density at radius 1 is 1.00 bits per heavy atom. The van der Waals surface area contributed by atoms with Crippen molar-refractivity contribution in [2.24, 2.45) is 5.41 Å². The van der Waals surface area contributed by atoms with Crippen molar-refractivity contribution in [1.82, 2.24) is 9.88 Å². The molecule has 1 saturated carbocycles. The number of hydrogen-bond donors (Lipinski definition) is 2. The van der Waals surface area contributed by atoms with E-state index in [1.807, 2.05) is 42.6 Å². The van der Waals surface area contributed by atoms with E-state index in [1.165, 1.54) is 5.57 Å². The van der Waals surface area contributed by atoms with Crippen LogP contribution in [0.4, 0.5) is 5.82 Å². The number of carbonyl (C=O) groups excluding carboxylic acids is 1. The van der Waals surface area contributed by atoms with Gasteiger partial charge in [-0.3, -0.25) is 9.69 Å². The summed E-state index contributed by atoms with van der Waals surface area (Å²) < 4.78 is 1.11. The molecule has 0 radical (unpaired) electrons. The predicted octanol–water partition coefficient (Wildman–Crippen LogP) is 7.39. The van der Waals surface area contributed by atoms with Crippen molar-refractivity contribution < 1.29 is 15.0 Å². The van der Waals surface area contributed by atoms with Gasteiger partial charge in [-0.1, -0.05) is 55.0 Å². The molecule has 1 saturated heterocycles. The van der Waals surface area contributed by atoms with Gasteiger partial charge in [0.1, 0.15) is 5.82 Å². The lowest BCUT2D eigenvalue weighted by Gasteiger charge is -2.47. The van der Waals surface area contributed by atoms with Gasteiger partial charge in [0.15, 0.2) is 0 Å². The number of anilines is 1. The monoisotopic (exact) mass is 649 g/mol. The molecule has 4 aromatic rings. The molecule has 4 atom stereocenters. The van der Waals surface area contributed by atoms with E-state index in [4.69, 9.17) is 0 Å². The number of carbonyl (C=O) groups is 1. The van der Waals surface area contributed by atoms with E-state index in [0.717, 1.165) is 89.3 Å². The van der Waals surface area contributed by atoms with Gasteiger partial charge < -0.3 is 15.1 Å². The second-order valence-electron chi connectivity index (χ2n) is 14.4. The second kappa shape index (κ2) is 13.3. The third-order valence-corrected chi connectivity index (χ3v) is 12.5. The number of β-amino-alcohol motifs (C(OH)–C–C–N with tert-alkyl or cyclic N) is 1. The van der Waals surface area contributed by atoms with Crippen molar-refractivity contribution in [1.29, 1.82) is 0 Å². The number of thiophene rings is 1. The molecule has 246 valence electrons. The first kappa shape index (κ1) is 32.2. The Hall–Kier alpha value is -3.36. The summed E-state index contributed by atoms with van der Waals surface area (Å²) in [7, 11) is 0. The lowest BCUT2D eigenvalue weighted by atomic mass is 9.64. The molecular formula is C40H47N3O3S. The van der Waals surface area contributed by atoms with Crippen molar-refractivity contribution in [3.8, 4) is 0 Å². The molecule has 8 rings (SSSR count). The smallest absolute Gasteiger partial charge is 0.203 e. The average Bonchev–Trinajstić information content (AvgIpc) is 3.62. The van der Waals surface area contributed by atoms with Gasteiger partial charge in [-0.25, -0.2) is 4.98 Å². The minimum Gasteiger partial charge on any atom is -0.393 e. The Balaban J connectivity index is 1.23.